The lowest BCUT2D eigenvalue weighted by Gasteiger charge is -2.22. The summed E-state index contributed by atoms with van der Waals surface area (Å²) in [6, 6.07) is 9.15. The number of hydrogen-bond donors (Lipinski definition) is 0. The molecule has 0 saturated heterocycles. The molecule has 0 saturated carbocycles. The van der Waals surface area contributed by atoms with Crippen molar-refractivity contribution in [3.8, 4) is 0 Å². The minimum atomic E-state index is -4.69. The smallest absolute Gasteiger partial charge is 0.207 e. The SMILES string of the molecule is C=CCN(Cc1cccc(S(=O)(=O)N(C)C)c1)S(=O)(=O)c1cccc(C(F)(F)F)c1. The molecule has 0 aliphatic carbocycles. The highest BCUT2D eigenvalue weighted by molar-refractivity contribution is 7.89. The van der Waals surface area contributed by atoms with Crippen molar-refractivity contribution in [2.24, 2.45) is 0 Å². The van der Waals surface area contributed by atoms with Crippen LogP contribution in [0, 0.1) is 0 Å². The number of nitrogens with zero attached hydrogens (tertiary/aromatic N) is 2. The fourth-order valence-corrected chi connectivity index (χ4v) is 5.01. The van der Waals surface area contributed by atoms with Crippen molar-refractivity contribution in [1.29, 1.82) is 0 Å². The van der Waals surface area contributed by atoms with Gasteiger partial charge in [-0.2, -0.15) is 17.5 Å². The third kappa shape index (κ3) is 5.28. The van der Waals surface area contributed by atoms with E-state index in [9.17, 15) is 30.0 Å². The van der Waals surface area contributed by atoms with E-state index < -0.39 is 36.7 Å². The van der Waals surface area contributed by atoms with Crippen LogP contribution in [0.2, 0.25) is 0 Å². The standard InChI is InChI=1S/C19H21F3N2O4S2/c1-4-11-24(14-15-7-5-9-17(12-15)29(25,26)23(2)3)30(27,28)18-10-6-8-16(13-18)19(20,21)22/h4-10,12-13H,1,11,14H2,2-3H3. The molecule has 0 amide bonds. The van der Waals surface area contributed by atoms with Crippen LogP contribution in [-0.4, -0.2) is 46.1 Å². The van der Waals surface area contributed by atoms with Crippen LogP contribution in [0.15, 0.2) is 71.0 Å². The van der Waals surface area contributed by atoms with Crippen LogP contribution in [0.3, 0.4) is 0 Å². The van der Waals surface area contributed by atoms with Crippen LogP contribution in [0.25, 0.3) is 0 Å². The monoisotopic (exact) mass is 462 g/mol. The molecule has 0 heterocycles. The predicted molar refractivity (Wildman–Crippen MR) is 107 cm³/mol. The molecule has 0 N–H and O–H groups in total. The van der Waals surface area contributed by atoms with Gasteiger partial charge in [-0.15, -0.1) is 6.58 Å². The summed E-state index contributed by atoms with van der Waals surface area (Å²) < 4.78 is 91.5. The highest BCUT2D eigenvalue weighted by Gasteiger charge is 2.33. The molecule has 0 atom stereocenters. The highest BCUT2D eigenvalue weighted by Crippen LogP contribution is 2.31. The third-order valence-electron chi connectivity index (χ3n) is 4.17. The molecular formula is C19H21F3N2O4S2. The summed E-state index contributed by atoms with van der Waals surface area (Å²) in [4.78, 5) is -0.545. The molecule has 0 aliphatic heterocycles. The van der Waals surface area contributed by atoms with Crippen molar-refractivity contribution < 1.29 is 30.0 Å². The average Bonchev–Trinajstić information content (AvgIpc) is 2.67. The van der Waals surface area contributed by atoms with Crippen molar-refractivity contribution in [2.45, 2.75) is 22.5 Å². The Balaban J connectivity index is 2.45. The van der Waals surface area contributed by atoms with E-state index in [1.54, 1.807) is 0 Å². The molecule has 30 heavy (non-hydrogen) atoms. The number of halogens is 3. The molecular weight excluding hydrogens is 441 g/mol. The van der Waals surface area contributed by atoms with E-state index in [4.69, 9.17) is 0 Å². The summed E-state index contributed by atoms with van der Waals surface area (Å²) in [5, 5.41) is 0. The lowest BCUT2D eigenvalue weighted by Crippen LogP contribution is -2.31. The first-order valence-electron chi connectivity index (χ1n) is 8.60. The topological polar surface area (TPSA) is 74.8 Å². The molecule has 0 bridgehead atoms. The second kappa shape index (κ2) is 8.88. The molecule has 2 aromatic carbocycles. The van der Waals surface area contributed by atoms with Gasteiger partial charge in [0.15, 0.2) is 0 Å². The van der Waals surface area contributed by atoms with Gasteiger partial charge in [-0.1, -0.05) is 24.3 Å². The van der Waals surface area contributed by atoms with E-state index in [2.05, 4.69) is 6.58 Å². The van der Waals surface area contributed by atoms with Gasteiger partial charge in [0.25, 0.3) is 0 Å². The molecule has 0 aliphatic rings. The molecule has 0 unspecified atom stereocenters. The van der Waals surface area contributed by atoms with Crippen LogP contribution in [-0.2, 0) is 32.8 Å². The van der Waals surface area contributed by atoms with Crippen LogP contribution < -0.4 is 0 Å². The van der Waals surface area contributed by atoms with E-state index in [1.165, 1.54) is 44.4 Å². The summed E-state index contributed by atoms with van der Waals surface area (Å²) in [7, 11) is -5.31. The largest absolute Gasteiger partial charge is 0.416 e. The summed E-state index contributed by atoms with van der Waals surface area (Å²) in [5.41, 5.74) is -0.725. The Morgan fingerprint density at radius 2 is 1.50 bits per heavy atom. The van der Waals surface area contributed by atoms with Gasteiger partial charge < -0.3 is 0 Å². The molecule has 2 rings (SSSR count). The maximum atomic E-state index is 13.0. The second-order valence-corrected chi connectivity index (χ2v) is 10.6. The number of sulfonamides is 2. The van der Waals surface area contributed by atoms with E-state index in [0.717, 1.165) is 26.8 Å². The number of hydrogen-bond acceptors (Lipinski definition) is 4. The summed E-state index contributed by atoms with van der Waals surface area (Å²) in [6.07, 6.45) is -3.39. The highest BCUT2D eigenvalue weighted by atomic mass is 32.2. The van der Waals surface area contributed by atoms with Crippen LogP contribution in [0.4, 0.5) is 13.2 Å². The zero-order valence-corrected chi connectivity index (χ0v) is 17.9. The minimum absolute atomic E-state index is 0.0278. The molecule has 11 heteroatoms. The minimum Gasteiger partial charge on any atom is -0.207 e. The predicted octanol–water partition coefficient (Wildman–Crippen LogP) is 3.33. The molecule has 2 aromatic rings. The number of benzene rings is 2. The van der Waals surface area contributed by atoms with Crippen molar-refractivity contribution >= 4 is 20.0 Å². The van der Waals surface area contributed by atoms with Gasteiger partial charge in [0.1, 0.15) is 0 Å². The fraction of sp³-hybridized carbons (Fsp3) is 0.263. The third-order valence-corrected chi connectivity index (χ3v) is 7.79. The fourth-order valence-electron chi connectivity index (χ4n) is 2.59. The lowest BCUT2D eigenvalue weighted by molar-refractivity contribution is -0.137. The van der Waals surface area contributed by atoms with E-state index in [0.29, 0.717) is 11.6 Å². The van der Waals surface area contributed by atoms with Crippen LogP contribution in [0.5, 0.6) is 0 Å². The van der Waals surface area contributed by atoms with Gasteiger partial charge in [-0.3, -0.25) is 0 Å². The van der Waals surface area contributed by atoms with Gasteiger partial charge in [0.05, 0.1) is 15.4 Å². The van der Waals surface area contributed by atoms with E-state index >= 15 is 0 Å². The first-order chi connectivity index (χ1) is 13.8. The Hall–Kier alpha value is -2.21. The average molecular weight is 463 g/mol. The summed E-state index contributed by atoms with van der Waals surface area (Å²) in [5.74, 6) is 0. The molecule has 0 spiro atoms. The maximum Gasteiger partial charge on any atom is 0.416 e. The zero-order chi connectivity index (χ0) is 22.7. The lowest BCUT2D eigenvalue weighted by atomic mass is 10.2. The Morgan fingerprint density at radius 3 is 2.03 bits per heavy atom. The Labute approximate surface area is 174 Å². The van der Waals surface area contributed by atoms with Gasteiger partial charge >= 0.3 is 6.18 Å². The molecule has 164 valence electrons. The van der Waals surface area contributed by atoms with Gasteiger partial charge in [0.2, 0.25) is 20.0 Å². The Bertz CT molecular complexity index is 1130. The Kier molecular flexibility index (Phi) is 7.12. The molecule has 0 aromatic heterocycles. The van der Waals surface area contributed by atoms with Crippen LogP contribution >= 0.6 is 0 Å². The van der Waals surface area contributed by atoms with E-state index in [1.807, 2.05) is 0 Å². The van der Waals surface area contributed by atoms with Crippen molar-refractivity contribution in [1.82, 2.24) is 8.61 Å². The van der Waals surface area contributed by atoms with Crippen LogP contribution in [0.1, 0.15) is 11.1 Å². The van der Waals surface area contributed by atoms with Crippen molar-refractivity contribution in [3.63, 3.8) is 0 Å². The van der Waals surface area contributed by atoms with Gasteiger partial charge in [-0.05, 0) is 35.9 Å². The quantitative estimate of drug-likeness (QED) is 0.564. The first-order valence-corrected chi connectivity index (χ1v) is 11.5. The van der Waals surface area contributed by atoms with E-state index in [-0.39, 0.29) is 18.0 Å². The molecule has 0 fully saturated rings. The molecule has 0 radical (unpaired) electrons. The van der Waals surface area contributed by atoms with Crippen molar-refractivity contribution in [2.75, 3.05) is 20.6 Å². The van der Waals surface area contributed by atoms with Gasteiger partial charge in [0, 0.05) is 27.2 Å². The molecule has 6 nitrogen and oxygen atoms in total. The second-order valence-electron chi connectivity index (χ2n) is 6.55. The summed E-state index contributed by atoms with van der Waals surface area (Å²) >= 11 is 0. The number of alkyl halides is 3. The number of rotatable bonds is 8. The summed E-state index contributed by atoms with van der Waals surface area (Å²) in [6.45, 7) is 3.07. The Morgan fingerprint density at radius 1 is 0.933 bits per heavy atom. The normalized spacial score (nSPS) is 13.0. The van der Waals surface area contributed by atoms with Gasteiger partial charge in [-0.25, -0.2) is 21.1 Å². The maximum absolute atomic E-state index is 13.0. The first kappa shape index (κ1) is 24.1. The zero-order valence-electron chi connectivity index (χ0n) is 16.3. The van der Waals surface area contributed by atoms with Crippen molar-refractivity contribution in [3.05, 3.63) is 72.3 Å².